The maximum absolute atomic E-state index is 6.24. The van der Waals surface area contributed by atoms with Crippen molar-refractivity contribution in [3.8, 4) is 5.75 Å². The molecule has 2 rings (SSSR count). The summed E-state index contributed by atoms with van der Waals surface area (Å²) in [7, 11) is 1.68. The summed E-state index contributed by atoms with van der Waals surface area (Å²) in [6, 6.07) is 6.10. The van der Waals surface area contributed by atoms with E-state index in [1.54, 1.807) is 7.11 Å². The highest BCUT2D eigenvalue weighted by molar-refractivity contribution is 5.85. The van der Waals surface area contributed by atoms with E-state index in [0.29, 0.717) is 5.92 Å². The molecule has 0 unspecified atom stereocenters. The van der Waals surface area contributed by atoms with Crippen molar-refractivity contribution in [2.75, 3.05) is 7.11 Å². The molecule has 0 bridgehead atoms. The third kappa shape index (κ3) is 2.44. The van der Waals surface area contributed by atoms with Gasteiger partial charge in [0.15, 0.2) is 0 Å². The van der Waals surface area contributed by atoms with Crippen molar-refractivity contribution in [2.45, 2.75) is 26.3 Å². The van der Waals surface area contributed by atoms with Gasteiger partial charge in [0.05, 0.1) is 7.11 Å². The van der Waals surface area contributed by atoms with Gasteiger partial charge in [0.1, 0.15) is 5.75 Å². The van der Waals surface area contributed by atoms with E-state index in [4.69, 9.17) is 10.5 Å². The first-order valence-corrected chi connectivity index (χ1v) is 6.02. The predicted octanol–water partition coefficient (Wildman–Crippen LogP) is 3.22. The minimum Gasteiger partial charge on any atom is -0.497 e. The van der Waals surface area contributed by atoms with Crippen molar-refractivity contribution in [1.29, 1.82) is 0 Å². The van der Waals surface area contributed by atoms with Gasteiger partial charge < -0.3 is 15.5 Å². The molecule has 0 saturated carbocycles. The Balaban J connectivity index is 2.39. The summed E-state index contributed by atoms with van der Waals surface area (Å²) < 4.78 is 5.25. The first kappa shape index (κ1) is 12.0. The van der Waals surface area contributed by atoms with Gasteiger partial charge in [-0.25, -0.2) is 0 Å². The van der Waals surface area contributed by atoms with Gasteiger partial charge in [0.25, 0.3) is 0 Å². The fourth-order valence-corrected chi connectivity index (χ4v) is 2.19. The monoisotopic (exact) mass is 232 g/mol. The van der Waals surface area contributed by atoms with Crippen LogP contribution in [-0.4, -0.2) is 12.1 Å². The number of aromatic nitrogens is 1. The minimum atomic E-state index is 0.0795. The van der Waals surface area contributed by atoms with Crippen molar-refractivity contribution in [2.24, 2.45) is 11.7 Å². The summed E-state index contributed by atoms with van der Waals surface area (Å²) in [4.78, 5) is 3.26. The maximum atomic E-state index is 6.24. The second-order valence-electron chi connectivity index (χ2n) is 4.89. The molecule has 0 saturated heterocycles. The second kappa shape index (κ2) is 4.80. The molecule has 2 aromatic rings. The fraction of sp³-hybridized carbons (Fsp3) is 0.429. The molecule has 0 spiro atoms. The number of rotatable bonds is 4. The molecule has 0 aliphatic carbocycles. The Morgan fingerprint density at radius 3 is 2.76 bits per heavy atom. The number of hydrogen-bond acceptors (Lipinski definition) is 2. The van der Waals surface area contributed by atoms with Crippen molar-refractivity contribution < 1.29 is 4.74 Å². The predicted molar refractivity (Wildman–Crippen MR) is 71.2 cm³/mol. The molecule has 1 heterocycles. The standard InChI is InChI=1S/C14H20N2O/c1-9(2)6-13(15)12-8-16-14-5-4-10(17-3)7-11(12)14/h4-5,7-9,13,16H,6,15H2,1-3H3/t13-/m1/s1. The Kier molecular flexibility index (Phi) is 3.38. The van der Waals surface area contributed by atoms with E-state index < -0.39 is 0 Å². The number of benzene rings is 1. The normalized spacial score (nSPS) is 13.2. The molecule has 3 N–H and O–H groups in total. The van der Waals surface area contributed by atoms with E-state index in [0.717, 1.165) is 23.1 Å². The summed E-state index contributed by atoms with van der Waals surface area (Å²) in [5.74, 6) is 1.47. The van der Waals surface area contributed by atoms with E-state index in [2.05, 4.69) is 18.8 Å². The lowest BCUT2D eigenvalue weighted by Gasteiger charge is -2.13. The van der Waals surface area contributed by atoms with Crippen LogP contribution >= 0.6 is 0 Å². The number of methoxy groups -OCH3 is 1. The van der Waals surface area contributed by atoms with Crippen LogP contribution in [0.4, 0.5) is 0 Å². The average Bonchev–Trinajstić information content (AvgIpc) is 2.70. The van der Waals surface area contributed by atoms with Gasteiger partial charge in [-0.15, -0.1) is 0 Å². The maximum Gasteiger partial charge on any atom is 0.119 e. The molecule has 0 fully saturated rings. The Morgan fingerprint density at radius 1 is 1.35 bits per heavy atom. The number of ether oxygens (including phenoxy) is 1. The van der Waals surface area contributed by atoms with Crippen LogP contribution in [0.25, 0.3) is 10.9 Å². The van der Waals surface area contributed by atoms with Crippen LogP contribution in [0.5, 0.6) is 5.75 Å². The van der Waals surface area contributed by atoms with Crippen LogP contribution in [-0.2, 0) is 0 Å². The lowest BCUT2D eigenvalue weighted by Crippen LogP contribution is -2.12. The largest absolute Gasteiger partial charge is 0.497 e. The molecular weight excluding hydrogens is 212 g/mol. The molecule has 17 heavy (non-hydrogen) atoms. The Bertz CT molecular complexity index is 502. The van der Waals surface area contributed by atoms with Crippen LogP contribution in [0, 0.1) is 5.92 Å². The van der Waals surface area contributed by atoms with Gasteiger partial charge in [-0.05, 0) is 36.1 Å². The van der Waals surface area contributed by atoms with Crippen molar-refractivity contribution >= 4 is 10.9 Å². The van der Waals surface area contributed by atoms with Crippen LogP contribution < -0.4 is 10.5 Å². The van der Waals surface area contributed by atoms with E-state index in [9.17, 15) is 0 Å². The summed E-state index contributed by atoms with van der Waals surface area (Å²) in [5.41, 5.74) is 8.52. The number of H-pyrrole nitrogens is 1. The molecular formula is C14H20N2O. The summed E-state index contributed by atoms with van der Waals surface area (Å²) >= 11 is 0. The number of nitrogens with two attached hydrogens (primary N) is 1. The van der Waals surface area contributed by atoms with Gasteiger partial charge in [-0.2, -0.15) is 0 Å². The van der Waals surface area contributed by atoms with Crippen molar-refractivity contribution in [3.63, 3.8) is 0 Å². The van der Waals surface area contributed by atoms with E-state index in [1.165, 1.54) is 5.56 Å². The van der Waals surface area contributed by atoms with Gasteiger partial charge >= 0.3 is 0 Å². The van der Waals surface area contributed by atoms with Gasteiger partial charge in [-0.3, -0.25) is 0 Å². The van der Waals surface area contributed by atoms with Gasteiger partial charge in [0, 0.05) is 23.1 Å². The molecule has 3 heteroatoms. The third-order valence-electron chi connectivity index (χ3n) is 3.05. The average molecular weight is 232 g/mol. The molecule has 92 valence electrons. The molecule has 0 aliphatic heterocycles. The lowest BCUT2D eigenvalue weighted by atomic mass is 9.97. The molecule has 0 radical (unpaired) electrons. The zero-order valence-electron chi connectivity index (χ0n) is 10.7. The van der Waals surface area contributed by atoms with Crippen LogP contribution in [0.3, 0.4) is 0 Å². The number of fused-ring (bicyclic) bond motifs is 1. The smallest absolute Gasteiger partial charge is 0.119 e. The Morgan fingerprint density at radius 2 is 2.12 bits per heavy atom. The molecule has 1 atom stereocenters. The van der Waals surface area contributed by atoms with Gasteiger partial charge in [0.2, 0.25) is 0 Å². The zero-order chi connectivity index (χ0) is 12.4. The minimum absolute atomic E-state index is 0.0795. The first-order valence-electron chi connectivity index (χ1n) is 6.02. The number of aromatic amines is 1. The van der Waals surface area contributed by atoms with Crippen molar-refractivity contribution in [3.05, 3.63) is 30.0 Å². The molecule has 1 aromatic heterocycles. The van der Waals surface area contributed by atoms with E-state index in [-0.39, 0.29) is 6.04 Å². The number of nitrogens with one attached hydrogen (secondary N) is 1. The Hall–Kier alpha value is -1.48. The summed E-state index contributed by atoms with van der Waals surface area (Å²) in [6.07, 6.45) is 3.00. The van der Waals surface area contributed by atoms with E-state index in [1.807, 2.05) is 24.4 Å². The van der Waals surface area contributed by atoms with Crippen LogP contribution in [0.2, 0.25) is 0 Å². The first-order chi connectivity index (χ1) is 8.11. The fourth-order valence-electron chi connectivity index (χ4n) is 2.19. The molecule has 3 nitrogen and oxygen atoms in total. The van der Waals surface area contributed by atoms with Crippen LogP contribution in [0.1, 0.15) is 31.9 Å². The molecule has 0 aliphatic rings. The van der Waals surface area contributed by atoms with E-state index >= 15 is 0 Å². The zero-order valence-corrected chi connectivity index (χ0v) is 10.7. The Labute approximate surface area is 102 Å². The highest BCUT2D eigenvalue weighted by Crippen LogP contribution is 2.29. The number of hydrogen-bond donors (Lipinski definition) is 2. The van der Waals surface area contributed by atoms with Gasteiger partial charge in [-0.1, -0.05) is 13.8 Å². The second-order valence-corrected chi connectivity index (χ2v) is 4.89. The van der Waals surface area contributed by atoms with Crippen LogP contribution in [0.15, 0.2) is 24.4 Å². The highest BCUT2D eigenvalue weighted by atomic mass is 16.5. The summed E-state index contributed by atoms with van der Waals surface area (Å²) in [6.45, 7) is 4.38. The van der Waals surface area contributed by atoms with Crippen molar-refractivity contribution in [1.82, 2.24) is 4.98 Å². The molecule has 0 amide bonds. The third-order valence-corrected chi connectivity index (χ3v) is 3.05. The SMILES string of the molecule is COc1ccc2[nH]cc([C@H](N)CC(C)C)c2c1. The molecule has 1 aromatic carbocycles. The highest BCUT2D eigenvalue weighted by Gasteiger charge is 2.13. The topological polar surface area (TPSA) is 51.0 Å². The quantitative estimate of drug-likeness (QED) is 0.850. The lowest BCUT2D eigenvalue weighted by molar-refractivity contribution is 0.415. The summed E-state index contributed by atoms with van der Waals surface area (Å²) in [5, 5.41) is 1.16.